The standard InChI is InChI=1S/C12H9Br2FN2/c1-17(11-5-3-2-4-10(11)15)12-9(14)6-8(13)7-16-12/h2-7H,1H3. The van der Waals surface area contributed by atoms with Gasteiger partial charge in [0.15, 0.2) is 0 Å². The van der Waals surface area contributed by atoms with Crippen molar-refractivity contribution in [1.29, 1.82) is 0 Å². The molecule has 0 radical (unpaired) electrons. The topological polar surface area (TPSA) is 16.1 Å². The summed E-state index contributed by atoms with van der Waals surface area (Å²) in [5.41, 5.74) is 0.489. The summed E-state index contributed by atoms with van der Waals surface area (Å²) in [4.78, 5) is 5.96. The second-order valence-corrected chi connectivity index (χ2v) is 5.24. The van der Waals surface area contributed by atoms with Crippen molar-refractivity contribution >= 4 is 43.4 Å². The molecule has 0 amide bonds. The number of halogens is 3. The van der Waals surface area contributed by atoms with Gasteiger partial charge in [0.2, 0.25) is 0 Å². The molecule has 0 aliphatic heterocycles. The Kier molecular flexibility index (Phi) is 3.79. The first-order valence-electron chi connectivity index (χ1n) is 4.89. The highest BCUT2D eigenvalue weighted by molar-refractivity contribution is 9.11. The van der Waals surface area contributed by atoms with Crippen LogP contribution in [0.4, 0.5) is 15.9 Å². The van der Waals surface area contributed by atoms with E-state index >= 15 is 0 Å². The van der Waals surface area contributed by atoms with Gasteiger partial charge in [0.05, 0.1) is 10.2 Å². The minimum absolute atomic E-state index is 0.272. The molecule has 1 aromatic heterocycles. The van der Waals surface area contributed by atoms with Crippen LogP contribution < -0.4 is 4.90 Å². The molecule has 2 aromatic rings. The zero-order valence-electron chi connectivity index (χ0n) is 8.99. The highest BCUT2D eigenvalue weighted by Gasteiger charge is 2.12. The molecule has 0 saturated carbocycles. The maximum Gasteiger partial charge on any atom is 0.147 e. The molecular formula is C12H9Br2FN2. The largest absolute Gasteiger partial charge is 0.326 e. The fourth-order valence-corrected chi connectivity index (χ4v) is 2.75. The van der Waals surface area contributed by atoms with Gasteiger partial charge in [0.1, 0.15) is 11.6 Å². The van der Waals surface area contributed by atoms with Gasteiger partial charge >= 0.3 is 0 Å². The number of pyridine rings is 1. The van der Waals surface area contributed by atoms with Crippen molar-refractivity contribution in [2.24, 2.45) is 0 Å². The molecular weight excluding hydrogens is 351 g/mol. The van der Waals surface area contributed by atoms with Crippen LogP contribution in [0.1, 0.15) is 0 Å². The number of hydrogen-bond acceptors (Lipinski definition) is 2. The third kappa shape index (κ3) is 2.66. The summed E-state index contributed by atoms with van der Waals surface area (Å²) in [5, 5.41) is 0. The van der Waals surface area contributed by atoms with Crippen LogP contribution in [0.25, 0.3) is 0 Å². The van der Waals surface area contributed by atoms with Gasteiger partial charge in [-0.05, 0) is 50.1 Å². The Morgan fingerprint density at radius 2 is 1.94 bits per heavy atom. The van der Waals surface area contributed by atoms with E-state index in [0.29, 0.717) is 11.5 Å². The maximum absolute atomic E-state index is 13.6. The van der Waals surface area contributed by atoms with E-state index in [4.69, 9.17) is 0 Å². The van der Waals surface area contributed by atoms with E-state index in [9.17, 15) is 4.39 Å². The van der Waals surface area contributed by atoms with Crippen LogP contribution >= 0.6 is 31.9 Å². The number of para-hydroxylation sites is 1. The normalized spacial score (nSPS) is 10.4. The van der Waals surface area contributed by atoms with Crippen LogP contribution in [0.2, 0.25) is 0 Å². The molecule has 1 aromatic carbocycles. The quantitative estimate of drug-likeness (QED) is 0.784. The van der Waals surface area contributed by atoms with Gasteiger partial charge in [0.25, 0.3) is 0 Å². The number of nitrogens with zero attached hydrogens (tertiary/aromatic N) is 2. The minimum Gasteiger partial charge on any atom is -0.326 e. The molecule has 0 fully saturated rings. The van der Waals surface area contributed by atoms with E-state index in [1.165, 1.54) is 6.07 Å². The summed E-state index contributed by atoms with van der Waals surface area (Å²) in [6.45, 7) is 0. The molecule has 0 unspecified atom stereocenters. The third-order valence-electron chi connectivity index (χ3n) is 2.32. The highest BCUT2D eigenvalue weighted by atomic mass is 79.9. The van der Waals surface area contributed by atoms with Crippen molar-refractivity contribution in [1.82, 2.24) is 4.98 Å². The van der Waals surface area contributed by atoms with Crippen LogP contribution in [0, 0.1) is 5.82 Å². The SMILES string of the molecule is CN(c1ccccc1F)c1ncc(Br)cc1Br. The molecule has 0 N–H and O–H groups in total. The second-order valence-electron chi connectivity index (χ2n) is 3.47. The zero-order valence-corrected chi connectivity index (χ0v) is 12.2. The molecule has 0 atom stereocenters. The molecule has 2 nitrogen and oxygen atoms in total. The second kappa shape index (κ2) is 5.14. The summed E-state index contributed by atoms with van der Waals surface area (Å²) in [7, 11) is 1.78. The Morgan fingerprint density at radius 3 is 2.59 bits per heavy atom. The van der Waals surface area contributed by atoms with E-state index in [-0.39, 0.29) is 5.82 Å². The summed E-state index contributed by atoms with van der Waals surface area (Å²) < 4.78 is 15.3. The van der Waals surface area contributed by atoms with Crippen LogP contribution in [-0.4, -0.2) is 12.0 Å². The van der Waals surface area contributed by atoms with Crippen molar-refractivity contribution in [3.8, 4) is 0 Å². The first kappa shape index (κ1) is 12.5. The van der Waals surface area contributed by atoms with Gasteiger partial charge < -0.3 is 4.90 Å². The van der Waals surface area contributed by atoms with Gasteiger partial charge in [-0.1, -0.05) is 12.1 Å². The number of anilines is 2. The van der Waals surface area contributed by atoms with Crippen LogP contribution in [-0.2, 0) is 0 Å². The number of hydrogen-bond donors (Lipinski definition) is 0. The number of benzene rings is 1. The summed E-state index contributed by atoms with van der Waals surface area (Å²) in [6.07, 6.45) is 1.68. The zero-order chi connectivity index (χ0) is 12.4. The molecule has 0 spiro atoms. The van der Waals surface area contributed by atoms with Gasteiger partial charge in [0, 0.05) is 17.7 Å². The number of aromatic nitrogens is 1. The van der Waals surface area contributed by atoms with Gasteiger partial charge in [-0.15, -0.1) is 0 Å². The number of rotatable bonds is 2. The van der Waals surface area contributed by atoms with E-state index in [2.05, 4.69) is 36.8 Å². The third-order valence-corrected chi connectivity index (χ3v) is 3.34. The van der Waals surface area contributed by atoms with E-state index in [1.807, 2.05) is 6.07 Å². The molecule has 0 aliphatic rings. The molecule has 0 saturated heterocycles. The van der Waals surface area contributed by atoms with Crippen molar-refractivity contribution in [2.75, 3.05) is 11.9 Å². The van der Waals surface area contributed by atoms with Crippen molar-refractivity contribution in [3.63, 3.8) is 0 Å². The Bertz CT molecular complexity index is 546. The molecule has 2 rings (SSSR count). The lowest BCUT2D eigenvalue weighted by atomic mass is 10.3. The van der Waals surface area contributed by atoms with Crippen LogP contribution in [0.5, 0.6) is 0 Å². The van der Waals surface area contributed by atoms with Gasteiger partial charge in [-0.25, -0.2) is 9.37 Å². The van der Waals surface area contributed by atoms with Gasteiger partial charge in [-0.2, -0.15) is 0 Å². The molecule has 88 valence electrons. The van der Waals surface area contributed by atoms with Gasteiger partial charge in [-0.3, -0.25) is 0 Å². The fraction of sp³-hybridized carbons (Fsp3) is 0.0833. The first-order valence-corrected chi connectivity index (χ1v) is 6.47. The van der Waals surface area contributed by atoms with Crippen LogP contribution in [0.3, 0.4) is 0 Å². The Hall–Kier alpha value is -0.940. The lowest BCUT2D eigenvalue weighted by Crippen LogP contribution is -2.13. The first-order chi connectivity index (χ1) is 8.09. The average molecular weight is 360 g/mol. The van der Waals surface area contributed by atoms with E-state index in [1.54, 1.807) is 36.3 Å². The van der Waals surface area contributed by atoms with Crippen molar-refractivity contribution in [3.05, 3.63) is 51.3 Å². The Morgan fingerprint density at radius 1 is 1.24 bits per heavy atom. The monoisotopic (exact) mass is 358 g/mol. The summed E-state index contributed by atoms with van der Waals surface area (Å²) in [6, 6.07) is 8.47. The lowest BCUT2D eigenvalue weighted by Gasteiger charge is -2.20. The van der Waals surface area contributed by atoms with E-state index in [0.717, 1.165) is 8.95 Å². The smallest absolute Gasteiger partial charge is 0.147 e. The minimum atomic E-state index is -0.272. The average Bonchev–Trinajstić information content (AvgIpc) is 2.29. The summed E-state index contributed by atoms with van der Waals surface area (Å²) >= 11 is 6.74. The summed E-state index contributed by atoms with van der Waals surface area (Å²) in [5.74, 6) is 0.393. The van der Waals surface area contributed by atoms with Crippen molar-refractivity contribution in [2.45, 2.75) is 0 Å². The van der Waals surface area contributed by atoms with Crippen LogP contribution in [0.15, 0.2) is 45.5 Å². The highest BCUT2D eigenvalue weighted by Crippen LogP contribution is 2.31. The van der Waals surface area contributed by atoms with E-state index < -0.39 is 0 Å². The Balaban J connectivity index is 2.44. The molecule has 17 heavy (non-hydrogen) atoms. The molecule has 1 heterocycles. The predicted octanol–water partition coefficient (Wildman–Crippen LogP) is 4.51. The fourth-order valence-electron chi connectivity index (χ4n) is 1.49. The Labute approximate surface area is 116 Å². The molecule has 0 aliphatic carbocycles. The van der Waals surface area contributed by atoms with Crippen molar-refractivity contribution < 1.29 is 4.39 Å². The molecule has 5 heteroatoms. The lowest BCUT2D eigenvalue weighted by molar-refractivity contribution is 0.627. The molecule has 0 bridgehead atoms. The predicted molar refractivity (Wildman–Crippen MR) is 74.1 cm³/mol. The maximum atomic E-state index is 13.6.